The summed E-state index contributed by atoms with van der Waals surface area (Å²) < 4.78 is 10.5. The zero-order valence-electron chi connectivity index (χ0n) is 10.1. The number of aromatic nitrogens is 1. The van der Waals surface area contributed by atoms with Gasteiger partial charge >= 0.3 is 6.09 Å². The Labute approximate surface area is 119 Å². The maximum atomic E-state index is 11.4. The lowest BCUT2D eigenvalue weighted by Gasteiger charge is -2.06. The summed E-state index contributed by atoms with van der Waals surface area (Å²) in [7, 11) is 0. The Morgan fingerprint density at radius 2 is 2.16 bits per heavy atom. The molecule has 0 radical (unpaired) electrons. The van der Waals surface area contributed by atoms with Gasteiger partial charge in [-0.15, -0.1) is 0 Å². The van der Waals surface area contributed by atoms with Crippen LogP contribution in [0.3, 0.4) is 0 Å². The number of ether oxygens (including phenoxy) is 1. The van der Waals surface area contributed by atoms with Crippen LogP contribution in [-0.4, -0.2) is 17.8 Å². The molecule has 0 fully saturated rings. The molecule has 0 saturated heterocycles. The summed E-state index contributed by atoms with van der Waals surface area (Å²) in [6.45, 7) is 0.733. The highest BCUT2D eigenvalue weighted by atomic mass is 79.9. The first-order chi connectivity index (χ1) is 9.25. The van der Waals surface area contributed by atoms with E-state index in [-0.39, 0.29) is 6.61 Å². The molecule has 0 spiro atoms. The molecule has 0 aliphatic rings. The zero-order chi connectivity index (χ0) is 13.5. The van der Waals surface area contributed by atoms with Gasteiger partial charge in [0, 0.05) is 12.1 Å². The summed E-state index contributed by atoms with van der Waals surface area (Å²) in [5.41, 5.74) is 1.86. The SMILES string of the molecule is O=C(NCCc1conc1Br)OCc1ccccc1. The predicted molar refractivity (Wildman–Crippen MR) is 72.5 cm³/mol. The Morgan fingerprint density at radius 1 is 1.37 bits per heavy atom. The average molecular weight is 325 g/mol. The van der Waals surface area contributed by atoms with Gasteiger partial charge in [-0.3, -0.25) is 0 Å². The van der Waals surface area contributed by atoms with E-state index in [0.29, 0.717) is 17.6 Å². The quantitative estimate of drug-likeness (QED) is 0.918. The standard InChI is InChI=1S/C13H13BrN2O3/c14-12-11(9-19-16-12)6-7-15-13(17)18-8-10-4-2-1-3-5-10/h1-5,9H,6-8H2,(H,15,17). The number of rotatable bonds is 5. The van der Waals surface area contributed by atoms with Crippen molar-refractivity contribution >= 4 is 22.0 Å². The van der Waals surface area contributed by atoms with E-state index in [1.807, 2.05) is 30.3 Å². The lowest BCUT2D eigenvalue weighted by Crippen LogP contribution is -2.26. The second kappa shape index (κ2) is 6.94. The summed E-state index contributed by atoms with van der Waals surface area (Å²) >= 11 is 3.25. The first-order valence-corrected chi connectivity index (χ1v) is 6.58. The molecule has 6 heteroatoms. The molecule has 2 rings (SSSR count). The molecule has 1 amide bonds. The van der Waals surface area contributed by atoms with Gasteiger partial charge in [0.2, 0.25) is 0 Å². The highest BCUT2D eigenvalue weighted by Crippen LogP contribution is 2.13. The summed E-state index contributed by atoms with van der Waals surface area (Å²) in [6, 6.07) is 9.53. The van der Waals surface area contributed by atoms with Gasteiger partial charge in [-0.1, -0.05) is 35.5 Å². The Bertz CT molecular complexity index is 528. The smallest absolute Gasteiger partial charge is 0.407 e. The van der Waals surface area contributed by atoms with E-state index >= 15 is 0 Å². The van der Waals surface area contributed by atoms with Gasteiger partial charge < -0.3 is 14.6 Å². The monoisotopic (exact) mass is 324 g/mol. The van der Waals surface area contributed by atoms with E-state index in [4.69, 9.17) is 9.26 Å². The number of nitrogens with one attached hydrogen (secondary N) is 1. The first-order valence-electron chi connectivity index (χ1n) is 5.79. The van der Waals surface area contributed by atoms with Crippen LogP contribution in [0.15, 0.2) is 45.7 Å². The molecule has 19 heavy (non-hydrogen) atoms. The van der Waals surface area contributed by atoms with Gasteiger partial charge in [0.1, 0.15) is 12.9 Å². The minimum atomic E-state index is -0.434. The lowest BCUT2D eigenvalue weighted by molar-refractivity contribution is 0.140. The lowest BCUT2D eigenvalue weighted by atomic mass is 10.2. The number of amides is 1. The number of alkyl carbamates (subject to hydrolysis) is 1. The van der Waals surface area contributed by atoms with Gasteiger partial charge in [-0.05, 0) is 27.9 Å². The topological polar surface area (TPSA) is 64.4 Å². The van der Waals surface area contributed by atoms with Crippen LogP contribution in [0.4, 0.5) is 4.79 Å². The third kappa shape index (κ3) is 4.40. The summed E-state index contributed by atoms with van der Waals surface area (Å²) in [6.07, 6.45) is 1.74. The van der Waals surface area contributed by atoms with Crippen molar-refractivity contribution in [3.63, 3.8) is 0 Å². The maximum absolute atomic E-state index is 11.4. The molecule has 1 N–H and O–H groups in total. The van der Waals surface area contributed by atoms with E-state index in [1.165, 1.54) is 0 Å². The number of hydrogen-bond donors (Lipinski definition) is 1. The number of carbonyl (C=O) groups is 1. The van der Waals surface area contributed by atoms with Gasteiger partial charge in [-0.25, -0.2) is 4.79 Å². The van der Waals surface area contributed by atoms with E-state index in [2.05, 4.69) is 26.4 Å². The highest BCUT2D eigenvalue weighted by molar-refractivity contribution is 9.10. The van der Waals surface area contributed by atoms with E-state index in [9.17, 15) is 4.79 Å². The first kappa shape index (κ1) is 13.6. The molecule has 2 aromatic rings. The van der Waals surface area contributed by atoms with Gasteiger partial charge in [-0.2, -0.15) is 0 Å². The zero-order valence-corrected chi connectivity index (χ0v) is 11.7. The van der Waals surface area contributed by atoms with Gasteiger partial charge in [0.05, 0.1) is 0 Å². The largest absolute Gasteiger partial charge is 0.445 e. The third-order valence-electron chi connectivity index (χ3n) is 2.47. The van der Waals surface area contributed by atoms with Gasteiger partial charge in [0.15, 0.2) is 4.60 Å². The Hall–Kier alpha value is -1.82. The minimum absolute atomic E-state index is 0.267. The van der Waals surface area contributed by atoms with Crippen LogP contribution in [0, 0.1) is 0 Å². The van der Waals surface area contributed by atoms with Crippen LogP contribution in [0.1, 0.15) is 11.1 Å². The second-order valence-electron chi connectivity index (χ2n) is 3.87. The number of carbonyl (C=O) groups excluding carboxylic acids is 1. The summed E-state index contributed by atoms with van der Waals surface area (Å²) in [5, 5.41) is 6.36. The van der Waals surface area contributed by atoms with Crippen molar-refractivity contribution in [1.82, 2.24) is 10.5 Å². The van der Waals surface area contributed by atoms with Crippen molar-refractivity contribution in [2.75, 3.05) is 6.54 Å². The Morgan fingerprint density at radius 3 is 2.84 bits per heavy atom. The number of benzene rings is 1. The molecular formula is C13H13BrN2O3. The van der Waals surface area contributed by atoms with Crippen LogP contribution in [0.2, 0.25) is 0 Å². The van der Waals surface area contributed by atoms with E-state index in [0.717, 1.165) is 11.1 Å². The molecule has 0 bridgehead atoms. The van der Waals surface area contributed by atoms with Crippen molar-refractivity contribution in [2.45, 2.75) is 13.0 Å². The summed E-state index contributed by atoms with van der Waals surface area (Å²) in [5.74, 6) is 0. The van der Waals surface area contributed by atoms with Crippen molar-refractivity contribution in [3.05, 3.63) is 52.3 Å². The molecule has 0 aliphatic carbocycles. The van der Waals surface area contributed by atoms with Crippen LogP contribution >= 0.6 is 15.9 Å². The minimum Gasteiger partial charge on any atom is -0.445 e. The molecule has 0 unspecified atom stereocenters. The number of nitrogens with zero attached hydrogens (tertiary/aromatic N) is 1. The van der Waals surface area contributed by atoms with Crippen LogP contribution in [0.25, 0.3) is 0 Å². The predicted octanol–water partition coefficient (Wildman–Crippen LogP) is 2.91. The average Bonchev–Trinajstić information content (AvgIpc) is 2.83. The van der Waals surface area contributed by atoms with Crippen LogP contribution < -0.4 is 5.32 Å². The Balaban J connectivity index is 1.66. The molecular weight excluding hydrogens is 312 g/mol. The van der Waals surface area contributed by atoms with E-state index in [1.54, 1.807) is 6.26 Å². The normalized spacial score (nSPS) is 10.2. The molecule has 5 nitrogen and oxygen atoms in total. The fourth-order valence-corrected chi connectivity index (χ4v) is 1.85. The molecule has 1 aromatic heterocycles. The highest BCUT2D eigenvalue weighted by Gasteiger charge is 2.06. The second-order valence-corrected chi connectivity index (χ2v) is 4.62. The molecule has 1 aromatic carbocycles. The fraction of sp³-hybridized carbons (Fsp3) is 0.231. The number of halogens is 1. The summed E-state index contributed by atoms with van der Waals surface area (Å²) in [4.78, 5) is 11.4. The number of hydrogen-bond acceptors (Lipinski definition) is 4. The van der Waals surface area contributed by atoms with Crippen LogP contribution in [0.5, 0.6) is 0 Å². The molecule has 0 saturated carbocycles. The van der Waals surface area contributed by atoms with Crippen LogP contribution in [-0.2, 0) is 17.8 Å². The Kier molecular flexibility index (Phi) is 4.97. The fourth-order valence-electron chi connectivity index (χ4n) is 1.48. The van der Waals surface area contributed by atoms with Crippen molar-refractivity contribution in [1.29, 1.82) is 0 Å². The van der Waals surface area contributed by atoms with Crippen molar-refractivity contribution < 1.29 is 14.1 Å². The van der Waals surface area contributed by atoms with Crippen molar-refractivity contribution in [3.8, 4) is 0 Å². The maximum Gasteiger partial charge on any atom is 0.407 e. The van der Waals surface area contributed by atoms with Crippen molar-refractivity contribution in [2.24, 2.45) is 0 Å². The van der Waals surface area contributed by atoms with E-state index < -0.39 is 6.09 Å². The molecule has 0 atom stereocenters. The molecule has 0 aliphatic heterocycles. The molecule has 100 valence electrons. The third-order valence-corrected chi connectivity index (χ3v) is 3.12. The van der Waals surface area contributed by atoms with Gasteiger partial charge in [0.25, 0.3) is 0 Å². The molecule has 1 heterocycles.